The molecule has 0 unspecified atom stereocenters. The van der Waals surface area contributed by atoms with E-state index in [9.17, 15) is 0 Å². The molecule has 0 amide bonds. The van der Waals surface area contributed by atoms with Gasteiger partial charge in [0.2, 0.25) is 0 Å². The van der Waals surface area contributed by atoms with Gasteiger partial charge in [-0.1, -0.05) is 26.0 Å². The number of nitrogens with zero attached hydrogens (tertiary/aromatic N) is 1. The molecule has 0 aliphatic heterocycles. The third-order valence-corrected chi connectivity index (χ3v) is 4.69. The number of benzene rings is 2. The minimum Gasteiger partial charge on any atom is -0.282 e. The van der Waals surface area contributed by atoms with Crippen LogP contribution in [0.5, 0.6) is 0 Å². The van der Waals surface area contributed by atoms with Gasteiger partial charge in [0.05, 0.1) is 33.9 Å². The van der Waals surface area contributed by atoms with Gasteiger partial charge in [-0.3, -0.25) is 2.78 Å². The molecule has 0 fully saturated rings. The Kier molecular flexibility index (Phi) is 3.06. The van der Waals surface area contributed by atoms with E-state index in [1.54, 1.807) is 0 Å². The first-order valence-electron chi connectivity index (χ1n) is 6.46. The molecule has 0 radical (unpaired) electrons. The Morgan fingerprint density at radius 3 is 1.67 bits per heavy atom. The molecular formula is C16H16IN. The zero-order valence-corrected chi connectivity index (χ0v) is 12.9. The van der Waals surface area contributed by atoms with Crippen LogP contribution >= 0.6 is 22.9 Å². The van der Waals surface area contributed by atoms with Crippen LogP contribution in [0.2, 0.25) is 0 Å². The second-order valence-electron chi connectivity index (χ2n) is 4.69. The van der Waals surface area contributed by atoms with Crippen LogP contribution in [-0.4, -0.2) is 2.78 Å². The maximum Gasteiger partial charge on any atom is 0.0646 e. The fourth-order valence-corrected chi connectivity index (χ4v) is 3.35. The summed E-state index contributed by atoms with van der Waals surface area (Å²) in [6.45, 7) is 4.42. The summed E-state index contributed by atoms with van der Waals surface area (Å²) in [5, 5.41) is 2.77. The lowest BCUT2D eigenvalue weighted by atomic mass is 10.1. The van der Waals surface area contributed by atoms with Crippen LogP contribution < -0.4 is 0 Å². The molecule has 1 nitrogen and oxygen atoms in total. The second kappa shape index (κ2) is 4.57. The number of aromatic nitrogens is 1. The van der Waals surface area contributed by atoms with Crippen LogP contribution in [-0.2, 0) is 12.8 Å². The van der Waals surface area contributed by atoms with Crippen LogP contribution in [0, 0.1) is 0 Å². The monoisotopic (exact) mass is 349 g/mol. The highest BCUT2D eigenvalue weighted by Crippen LogP contribution is 2.32. The Hall–Kier alpha value is -1.03. The largest absolute Gasteiger partial charge is 0.282 e. The first-order valence-corrected chi connectivity index (χ1v) is 7.43. The molecule has 2 aromatic carbocycles. The highest BCUT2D eigenvalue weighted by molar-refractivity contribution is 14.1. The fraction of sp³-hybridized carbons (Fsp3) is 0.250. The molecule has 0 bridgehead atoms. The van der Waals surface area contributed by atoms with Crippen molar-refractivity contribution in [3.05, 3.63) is 47.5 Å². The number of fused-ring (bicyclic) bond motifs is 3. The molecule has 0 aliphatic rings. The highest BCUT2D eigenvalue weighted by atomic mass is 127. The van der Waals surface area contributed by atoms with Crippen molar-refractivity contribution in [3.63, 3.8) is 0 Å². The average Bonchev–Trinajstić information content (AvgIpc) is 2.71. The van der Waals surface area contributed by atoms with Crippen LogP contribution in [0.3, 0.4) is 0 Å². The van der Waals surface area contributed by atoms with E-state index in [1.807, 2.05) is 0 Å². The van der Waals surface area contributed by atoms with Gasteiger partial charge in [0, 0.05) is 10.8 Å². The van der Waals surface area contributed by atoms with Crippen LogP contribution in [0.4, 0.5) is 0 Å². The van der Waals surface area contributed by atoms with E-state index in [2.05, 4.69) is 75.9 Å². The van der Waals surface area contributed by atoms with Gasteiger partial charge in [0.1, 0.15) is 0 Å². The molecule has 18 heavy (non-hydrogen) atoms. The summed E-state index contributed by atoms with van der Waals surface area (Å²) in [6, 6.07) is 13.6. The maximum absolute atomic E-state index is 2.40. The van der Waals surface area contributed by atoms with Crippen molar-refractivity contribution in [3.8, 4) is 0 Å². The van der Waals surface area contributed by atoms with E-state index >= 15 is 0 Å². The Morgan fingerprint density at radius 1 is 0.833 bits per heavy atom. The van der Waals surface area contributed by atoms with E-state index in [0.717, 1.165) is 12.8 Å². The molecule has 0 saturated heterocycles. The third-order valence-electron chi connectivity index (χ3n) is 3.65. The quantitative estimate of drug-likeness (QED) is 0.566. The number of hydrogen-bond donors (Lipinski definition) is 0. The number of rotatable bonds is 2. The molecule has 0 spiro atoms. The van der Waals surface area contributed by atoms with Crippen LogP contribution in [0.25, 0.3) is 21.8 Å². The molecule has 0 aliphatic carbocycles. The van der Waals surface area contributed by atoms with E-state index in [1.165, 1.54) is 32.9 Å². The maximum atomic E-state index is 2.40. The van der Waals surface area contributed by atoms with E-state index in [-0.39, 0.29) is 0 Å². The van der Waals surface area contributed by atoms with Crippen molar-refractivity contribution in [2.24, 2.45) is 0 Å². The Bertz CT molecular complexity index is 663. The Labute approximate surface area is 121 Å². The normalized spacial score (nSPS) is 11.5. The van der Waals surface area contributed by atoms with Gasteiger partial charge in [-0.15, -0.1) is 0 Å². The summed E-state index contributed by atoms with van der Waals surface area (Å²) in [7, 11) is 0. The van der Waals surface area contributed by atoms with Crippen molar-refractivity contribution < 1.29 is 0 Å². The summed E-state index contributed by atoms with van der Waals surface area (Å²) in [5.41, 5.74) is 5.45. The molecule has 3 aromatic rings. The first kappa shape index (κ1) is 12.0. The number of hydrogen-bond acceptors (Lipinski definition) is 0. The number of halogens is 1. The molecule has 0 N–H and O–H groups in total. The van der Waals surface area contributed by atoms with Crippen molar-refractivity contribution in [1.82, 2.24) is 2.78 Å². The fourth-order valence-electron chi connectivity index (χ4n) is 2.51. The molecular weight excluding hydrogens is 333 g/mol. The van der Waals surface area contributed by atoms with Gasteiger partial charge < -0.3 is 0 Å². The Balaban J connectivity index is 2.44. The van der Waals surface area contributed by atoms with Gasteiger partial charge in [-0.2, -0.15) is 0 Å². The predicted molar refractivity (Wildman–Crippen MR) is 87.6 cm³/mol. The minimum absolute atomic E-state index is 1.09. The summed E-state index contributed by atoms with van der Waals surface area (Å²) in [4.78, 5) is 0. The molecule has 2 heteroatoms. The van der Waals surface area contributed by atoms with Crippen molar-refractivity contribution in [1.29, 1.82) is 0 Å². The summed E-state index contributed by atoms with van der Waals surface area (Å²) in [5.74, 6) is 0. The lowest BCUT2D eigenvalue weighted by Crippen LogP contribution is -1.80. The lowest BCUT2D eigenvalue weighted by molar-refractivity contribution is 1.14. The standard InChI is InChI=1S/C16H16IN/c1-3-11-5-7-15-13(9-11)14-10-12(4-2)6-8-16(14)18(15)17/h5-10H,3-4H2,1-2H3. The summed E-state index contributed by atoms with van der Waals surface area (Å²) >= 11 is 2.40. The van der Waals surface area contributed by atoms with Crippen molar-refractivity contribution in [2.75, 3.05) is 0 Å². The second-order valence-corrected chi connectivity index (χ2v) is 5.66. The van der Waals surface area contributed by atoms with Crippen molar-refractivity contribution in [2.45, 2.75) is 26.7 Å². The third kappa shape index (κ3) is 1.74. The lowest BCUT2D eigenvalue weighted by Gasteiger charge is -1.98. The minimum atomic E-state index is 1.09. The number of aryl methyl sites for hydroxylation is 2. The zero-order valence-electron chi connectivity index (χ0n) is 10.7. The summed E-state index contributed by atoms with van der Waals surface area (Å²) < 4.78 is 2.27. The molecule has 0 saturated carbocycles. The molecule has 92 valence electrons. The molecule has 3 rings (SSSR count). The average molecular weight is 349 g/mol. The van der Waals surface area contributed by atoms with Gasteiger partial charge in [-0.05, 0) is 48.2 Å². The predicted octanol–water partition coefficient (Wildman–Crippen LogP) is 5.12. The SMILES string of the molecule is CCc1ccc2c(c1)c1cc(CC)ccc1n2I. The van der Waals surface area contributed by atoms with Crippen LogP contribution in [0.1, 0.15) is 25.0 Å². The van der Waals surface area contributed by atoms with Crippen molar-refractivity contribution >= 4 is 44.7 Å². The van der Waals surface area contributed by atoms with Gasteiger partial charge in [0.25, 0.3) is 0 Å². The van der Waals surface area contributed by atoms with Gasteiger partial charge in [0.15, 0.2) is 0 Å². The van der Waals surface area contributed by atoms with E-state index < -0.39 is 0 Å². The topological polar surface area (TPSA) is 4.93 Å². The first-order chi connectivity index (χ1) is 8.74. The van der Waals surface area contributed by atoms with Gasteiger partial charge >= 0.3 is 0 Å². The van der Waals surface area contributed by atoms with Gasteiger partial charge in [-0.25, -0.2) is 0 Å². The molecule has 1 aromatic heterocycles. The zero-order chi connectivity index (χ0) is 12.7. The highest BCUT2D eigenvalue weighted by Gasteiger charge is 2.09. The van der Waals surface area contributed by atoms with E-state index in [0.29, 0.717) is 0 Å². The van der Waals surface area contributed by atoms with Crippen LogP contribution in [0.15, 0.2) is 36.4 Å². The smallest absolute Gasteiger partial charge is 0.0646 e. The Morgan fingerprint density at radius 2 is 1.28 bits per heavy atom. The van der Waals surface area contributed by atoms with E-state index in [4.69, 9.17) is 0 Å². The summed E-state index contributed by atoms with van der Waals surface area (Å²) in [6.07, 6.45) is 2.19. The molecule has 1 heterocycles. The molecule has 0 atom stereocenters.